The normalized spacial score (nSPS) is 29.8. The van der Waals surface area contributed by atoms with Gasteiger partial charge in [0.1, 0.15) is 0 Å². The summed E-state index contributed by atoms with van der Waals surface area (Å²) in [5.74, 6) is 0.556. The fraction of sp³-hybridized carbons (Fsp3) is 0.611. The van der Waals surface area contributed by atoms with E-state index < -0.39 is 0 Å². The second kappa shape index (κ2) is 6.21. The van der Waals surface area contributed by atoms with Crippen LogP contribution in [0, 0.1) is 5.92 Å². The molecule has 22 heavy (non-hydrogen) atoms. The lowest BCUT2D eigenvalue weighted by Crippen LogP contribution is -2.39. The highest BCUT2D eigenvalue weighted by Gasteiger charge is 2.43. The number of carbonyl (C=O) groups is 1. The second-order valence-corrected chi connectivity index (χ2v) is 7.00. The van der Waals surface area contributed by atoms with E-state index in [-0.39, 0.29) is 24.4 Å². The SMILES string of the molecule is Cl.NC1CCC(C(=O)N(C2CC2)C2CCc3ccccc32)C1. The molecule has 1 aromatic rings. The van der Waals surface area contributed by atoms with Gasteiger partial charge in [-0.2, -0.15) is 0 Å². The van der Waals surface area contributed by atoms with Crippen molar-refractivity contribution in [3.63, 3.8) is 0 Å². The van der Waals surface area contributed by atoms with Crippen molar-refractivity contribution >= 4 is 18.3 Å². The summed E-state index contributed by atoms with van der Waals surface area (Å²) in [6, 6.07) is 9.70. The predicted octanol–water partition coefficient (Wildman–Crippen LogP) is 3.21. The fourth-order valence-corrected chi connectivity index (χ4v) is 4.22. The Kier molecular flexibility index (Phi) is 4.47. The molecule has 0 aromatic heterocycles. The van der Waals surface area contributed by atoms with Gasteiger partial charge in [-0.3, -0.25) is 4.79 Å². The number of halogens is 1. The molecule has 2 saturated carbocycles. The van der Waals surface area contributed by atoms with Crippen LogP contribution in [0.1, 0.15) is 55.7 Å². The molecule has 3 aliphatic carbocycles. The molecular formula is C18H25ClN2O. The Morgan fingerprint density at radius 1 is 1.09 bits per heavy atom. The van der Waals surface area contributed by atoms with Gasteiger partial charge in [-0.1, -0.05) is 24.3 Å². The average molecular weight is 321 g/mol. The Morgan fingerprint density at radius 2 is 1.86 bits per heavy atom. The van der Waals surface area contributed by atoms with Crippen LogP contribution in [-0.2, 0) is 11.2 Å². The van der Waals surface area contributed by atoms with E-state index in [1.54, 1.807) is 0 Å². The molecule has 1 aromatic carbocycles. The van der Waals surface area contributed by atoms with E-state index in [4.69, 9.17) is 5.73 Å². The maximum Gasteiger partial charge on any atom is 0.226 e. The molecule has 4 rings (SSSR count). The summed E-state index contributed by atoms with van der Waals surface area (Å²) in [6.07, 6.45) is 7.46. The number of fused-ring (bicyclic) bond motifs is 1. The molecule has 0 spiro atoms. The van der Waals surface area contributed by atoms with Crippen molar-refractivity contribution in [3.05, 3.63) is 35.4 Å². The van der Waals surface area contributed by atoms with Gasteiger partial charge in [0.05, 0.1) is 6.04 Å². The first-order valence-electron chi connectivity index (χ1n) is 8.39. The lowest BCUT2D eigenvalue weighted by Gasteiger charge is -2.32. The Morgan fingerprint density at radius 3 is 2.55 bits per heavy atom. The maximum atomic E-state index is 13.0. The molecule has 3 unspecified atom stereocenters. The van der Waals surface area contributed by atoms with E-state index in [0.29, 0.717) is 18.0 Å². The number of rotatable bonds is 3. The van der Waals surface area contributed by atoms with Crippen molar-refractivity contribution in [2.45, 2.75) is 63.1 Å². The van der Waals surface area contributed by atoms with Crippen LogP contribution in [0.5, 0.6) is 0 Å². The van der Waals surface area contributed by atoms with Crippen LogP contribution in [0.15, 0.2) is 24.3 Å². The number of hydrogen-bond donors (Lipinski definition) is 1. The Hall–Kier alpha value is -1.06. The molecule has 0 bridgehead atoms. The maximum absolute atomic E-state index is 13.0. The number of hydrogen-bond acceptors (Lipinski definition) is 2. The highest BCUT2D eigenvalue weighted by atomic mass is 35.5. The van der Waals surface area contributed by atoms with E-state index in [9.17, 15) is 4.79 Å². The van der Waals surface area contributed by atoms with Crippen LogP contribution < -0.4 is 5.73 Å². The molecule has 2 fully saturated rings. The van der Waals surface area contributed by atoms with Gasteiger partial charge < -0.3 is 10.6 Å². The summed E-state index contributed by atoms with van der Waals surface area (Å²) in [4.78, 5) is 15.3. The summed E-state index contributed by atoms with van der Waals surface area (Å²) in [6.45, 7) is 0. The van der Waals surface area contributed by atoms with Crippen molar-refractivity contribution in [1.82, 2.24) is 4.90 Å². The summed E-state index contributed by atoms with van der Waals surface area (Å²) in [7, 11) is 0. The van der Waals surface area contributed by atoms with Gasteiger partial charge in [-0.25, -0.2) is 0 Å². The fourth-order valence-electron chi connectivity index (χ4n) is 4.22. The number of nitrogens with zero attached hydrogens (tertiary/aromatic N) is 1. The van der Waals surface area contributed by atoms with E-state index >= 15 is 0 Å². The van der Waals surface area contributed by atoms with Crippen molar-refractivity contribution in [2.24, 2.45) is 11.7 Å². The summed E-state index contributed by atoms with van der Waals surface area (Å²) in [5, 5.41) is 0. The van der Waals surface area contributed by atoms with Crippen molar-refractivity contribution in [1.29, 1.82) is 0 Å². The minimum Gasteiger partial charge on any atom is -0.332 e. The van der Waals surface area contributed by atoms with Crippen LogP contribution in [0.4, 0.5) is 0 Å². The third kappa shape index (κ3) is 2.77. The summed E-state index contributed by atoms with van der Waals surface area (Å²) < 4.78 is 0. The second-order valence-electron chi connectivity index (χ2n) is 7.00. The highest BCUT2D eigenvalue weighted by Crippen LogP contribution is 2.43. The molecule has 0 radical (unpaired) electrons. The molecule has 0 aliphatic heterocycles. The molecule has 3 atom stereocenters. The third-order valence-electron chi connectivity index (χ3n) is 5.45. The average Bonchev–Trinajstić information content (AvgIpc) is 3.08. The lowest BCUT2D eigenvalue weighted by molar-refractivity contribution is -0.138. The number of carbonyl (C=O) groups excluding carboxylic acids is 1. The van der Waals surface area contributed by atoms with Gasteiger partial charge >= 0.3 is 0 Å². The van der Waals surface area contributed by atoms with Crippen LogP contribution in [0.2, 0.25) is 0 Å². The van der Waals surface area contributed by atoms with Crippen molar-refractivity contribution < 1.29 is 4.79 Å². The minimum atomic E-state index is 0. The molecule has 120 valence electrons. The first-order chi connectivity index (χ1) is 10.2. The first-order valence-corrected chi connectivity index (χ1v) is 8.39. The summed E-state index contributed by atoms with van der Waals surface area (Å²) in [5.41, 5.74) is 8.84. The Bertz CT molecular complexity index is 558. The first kappa shape index (κ1) is 15.8. The standard InChI is InChI=1S/C18H24N2O.ClH/c19-14-7-5-13(11-14)18(21)20(15-8-9-15)17-10-6-12-3-1-2-4-16(12)17;/h1-4,13-15,17H,5-11,19H2;1H. The number of amides is 1. The van der Waals surface area contributed by atoms with Crippen LogP contribution in [0.25, 0.3) is 0 Å². The smallest absolute Gasteiger partial charge is 0.226 e. The minimum absolute atomic E-state index is 0. The Labute approximate surface area is 138 Å². The van der Waals surface area contributed by atoms with E-state index in [2.05, 4.69) is 29.2 Å². The monoisotopic (exact) mass is 320 g/mol. The van der Waals surface area contributed by atoms with Crippen molar-refractivity contribution in [2.75, 3.05) is 0 Å². The lowest BCUT2D eigenvalue weighted by atomic mass is 10.0. The van der Waals surface area contributed by atoms with Gasteiger partial charge in [-0.05, 0) is 56.1 Å². The molecule has 1 amide bonds. The molecule has 0 heterocycles. The zero-order valence-electron chi connectivity index (χ0n) is 12.9. The highest BCUT2D eigenvalue weighted by molar-refractivity contribution is 5.85. The van der Waals surface area contributed by atoms with Gasteiger partial charge in [0.15, 0.2) is 0 Å². The van der Waals surface area contributed by atoms with E-state index in [1.807, 2.05) is 0 Å². The molecule has 2 N–H and O–H groups in total. The van der Waals surface area contributed by atoms with Crippen molar-refractivity contribution in [3.8, 4) is 0 Å². The summed E-state index contributed by atoms with van der Waals surface area (Å²) >= 11 is 0. The molecule has 3 nitrogen and oxygen atoms in total. The van der Waals surface area contributed by atoms with Crippen LogP contribution in [-0.4, -0.2) is 22.9 Å². The van der Waals surface area contributed by atoms with Gasteiger partial charge in [0.25, 0.3) is 0 Å². The topological polar surface area (TPSA) is 46.3 Å². The quantitative estimate of drug-likeness (QED) is 0.929. The van der Waals surface area contributed by atoms with Gasteiger partial charge in [0.2, 0.25) is 5.91 Å². The largest absolute Gasteiger partial charge is 0.332 e. The van der Waals surface area contributed by atoms with Gasteiger partial charge in [0, 0.05) is 18.0 Å². The number of aryl methyl sites for hydroxylation is 1. The molecule has 3 aliphatic rings. The predicted molar refractivity (Wildman–Crippen MR) is 89.9 cm³/mol. The number of benzene rings is 1. The zero-order valence-corrected chi connectivity index (χ0v) is 13.7. The molecule has 4 heteroatoms. The van der Waals surface area contributed by atoms with Crippen LogP contribution >= 0.6 is 12.4 Å². The van der Waals surface area contributed by atoms with Crippen LogP contribution in [0.3, 0.4) is 0 Å². The Balaban J connectivity index is 0.00000144. The zero-order chi connectivity index (χ0) is 14.4. The third-order valence-corrected chi connectivity index (χ3v) is 5.45. The number of nitrogens with two attached hydrogens (primary N) is 1. The van der Waals surface area contributed by atoms with E-state index in [0.717, 1.165) is 32.1 Å². The molecule has 0 saturated heterocycles. The van der Waals surface area contributed by atoms with Gasteiger partial charge in [-0.15, -0.1) is 12.4 Å². The van der Waals surface area contributed by atoms with E-state index in [1.165, 1.54) is 24.0 Å². The molecular weight excluding hydrogens is 296 g/mol.